The summed E-state index contributed by atoms with van der Waals surface area (Å²) in [6.45, 7) is 2.88. The van der Waals surface area contributed by atoms with Gasteiger partial charge < -0.3 is 15.5 Å². The monoisotopic (exact) mass is 389 g/mol. The molecule has 1 unspecified atom stereocenters. The molecule has 2 N–H and O–H groups in total. The minimum Gasteiger partial charge on any atom is -0.383 e. The first-order valence-electron chi connectivity index (χ1n) is 8.91. The molecular formula is C21H25Cl2N3. The summed E-state index contributed by atoms with van der Waals surface area (Å²) in [6.07, 6.45) is 3.32. The first-order valence-corrected chi connectivity index (χ1v) is 9.66. The Morgan fingerprint density at radius 3 is 2.73 bits per heavy atom. The summed E-state index contributed by atoms with van der Waals surface area (Å²) in [7, 11) is 4.17. The highest BCUT2D eigenvalue weighted by Gasteiger charge is 2.22. The van der Waals surface area contributed by atoms with Crippen molar-refractivity contribution in [1.29, 1.82) is 0 Å². The average Bonchev–Trinajstić information content (AvgIpc) is 3.07. The lowest BCUT2D eigenvalue weighted by Crippen LogP contribution is -2.21. The summed E-state index contributed by atoms with van der Waals surface area (Å²) in [4.78, 5) is 2.18. The van der Waals surface area contributed by atoms with Gasteiger partial charge in [-0.2, -0.15) is 0 Å². The van der Waals surface area contributed by atoms with Crippen molar-refractivity contribution >= 4 is 35.0 Å². The van der Waals surface area contributed by atoms with Crippen LogP contribution in [0.5, 0.6) is 0 Å². The van der Waals surface area contributed by atoms with Gasteiger partial charge in [0.2, 0.25) is 0 Å². The van der Waals surface area contributed by atoms with Crippen LogP contribution in [0.4, 0.5) is 5.69 Å². The number of nitrogens with zero attached hydrogens (tertiary/aromatic N) is 1. The highest BCUT2D eigenvalue weighted by Crippen LogP contribution is 2.34. The van der Waals surface area contributed by atoms with Crippen molar-refractivity contribution in [3.05, 3.63) is 69.2 Å². The second-order valence-corrected chi connectivity index (χ2v) is 7.66. The van der Waals surface area contributed by atoms with Crippen LogP contribution in [0.1, 0.15) is 23.6 Å². The minimum atomic E-state index is 0.180. The average molecular weight is 390 g/mol. The molecule has 0 amide bonds. The SMILES string of the molecule is CN(C)CCNc1ccccc1C=C1CCNC1c1ccc(Cl)c(Cl)c1. The zero-order chi connectivity index (χ0) is 18.5. The molecule has 2 aromatic carbocycles. The molecule has 1 aliphatic rings. The Labute approximate surface area is 166 Å². The highest BCUT2D eigenvalue weighted by molar-refractivity contribution is 6.42. The van der Waals surface area contributed by atoms with Crippen LogP contribution in [0, 0.1) is 0 Å². The maximum absolute atomic E-state index is 6.21. The molecule has 0 aromatic heterocycles. The zero-order valence-corrected chi connectivity index (χ0v) is 16.7. The predicted octanol–water partition coefficient (Wildman–Crippen LogP) is 5.08. The predicted molar refractivity (Wildman–Crippen MR) is 113 cm³/mol. The first kappa shape index (κ1) is 19.2. The highest BCUT2D eigenvalue weighted by atomic mass is 35.5. The standard InChI is InChI=1S/C21H25Cl2N3/c1-26(2)12-11-24-20-6-4-3-5-15(20)13-17-9-10-25-21(17)16-7-8-18(22)19(23)14-16/h3-8,13-14,21,24-25H,9-12H2,1-2H3. The molecule has 5 heteroatoms. The Hall–Kier alpha value is -1.52. The third kappa shape index (κ3) is 4.80. The van der Waals surface area contributed by atoms with Crippen molar-refractivity contribution in [2.24, 2.45) is 0 Å². The van der Waals surface area contributed by atoms with E-state index in [4.69, 9.17) is 23.2 Å². The van der Waals surface area contributed by atoms with E-state index in [0.29, 0.717) is 10.0 Å². The second kappa shape index (κ2) is 8.92. The Kier molecular flexibility index (Phi) is 6.60. The minimum absolute atomic E-state index is 0.180. The van der Waals surface area contributed by atoms with Crippen LogP contribution in [0.3, 0.4) is 0 Å². The molecule has 1 fully saturated rings. The maximum Gasteiger partial charge on any atom is 0.0595 e. The molecule has 0 bridgehead atoms. The molecule has 1 atom stereocenters. The van der Waals surface area contributed by atoms with Gasteiger partial charge in [0.1, 0.15) is 0 Å². The van der Waals surface area contributed by atoms with Gasteiger partial charge in [-0.3, -0.25) is 0 Å². The van der Waals surface area contributed by atoms with E-state index in [1.807, 2.05) is 18.2 Å². The Morgan fingerprint density at radius 2 is 1.96 bits per heavy atom. The summed E-state index contributed by atoms with van der Waals surface area (Å²) in [5, 5.41) is 8.31. The van der Waals surface area contributed by atoms with E-state index in [1.54, 1.807) is 0 Å². The number of para-hydroxylation sites is 1. The zero-order valence-electron chi connectivity index (χ0n) is 15.2. The number of hydrogen-bond donors (Lipinski definition) is 2. The van der Waals surface area contributed by atoms with Crippen LogP contribution in [0.2, 0.25) is 10.0 Å². The fourth-order valence-corrected chi connectivity index (χ4v) is 3.52. The summed E-state index contributed by atoms with van der Waals surface area (Å²) in [5.74, 6) is 0. The summed E-state index contributed by atoms with van der Waals surface area (Å²) in [5.41, 5.74) is 4.91. The van der Waals surface area contributed by atoms with Crippen molar-refractivity contribution < 1.29 is 0 Å². The molecule has 0 radical (unpaired) electrons. The third-order valence-electron chi connectivity index (χ3n) is 4.59. The van der Waals surface area contributed by atoms with Crippen molar-refractivity contribution in [3.8, 4) is 0 Å². The molecule has 0 saturated carbocycles. The summed E-state index contributed by atoms with van der Waals surface area (Å²) >= 11 is 12.3. The van der Waals surface area contributed by atoms with Crippen molar-refractivity contribution in [1.82, 2.24) is 10.2 Å². The molecule has 1 heterocycles. The molecule has 26 heavy (non-hydrogen) atoms. The Balaban J connectivity index is 1.83. The summed E-state index contributed by atoms with van der Waals surface area (Å²) < 4.78 is 0. The van der Waals surface area contributed by atoms with Crippen LogP contribution >= 0.6 is 23.2 Å². The van der Waals surface area contributed by atoms with E-state index in [0.717, 1.165) is 31.6 Å². The number of hydrogen-bond acceptors (Lipinski definition) is 3. The van der Waals surface area contributed by atoms with Crippen molar-refractivity contribution in [3.63, 3.8) is 0 Å². The first-order chi connectivity index (χ1) is 12.5. The van der Waals surface area contributed by atoms with Gasteiger partial charge in [0, 0.05) is 18.8 Å². The Morgan fingerprint density at radius 1 is 1.15 bits per heavy atom. The molecule has 2 aromatic rings. The van der Waals surface area contributed by atoms with Gasteiger partial charge in [0.05, 0.1) is 16.1 Å². The van der Waals surface area contributed by atoms with Gasteiger partial charge >= 0.3 is 0 Å². The van der Waals surface area contributed by atoms with Crippen molar-refractivity contribution in [2.75, 3.05) is 39.0 Å². The number of nitrogens with one attached hydrogen (secondary N) is 2. The van der Waals surface area contributed by atoms with Crippen LogP contribution < -0.4 is 10.6 Å². The van der Waals surface area contributed by atoms with E-state index in [2.05, 4.69) is 60.0 Å². The summed E-state index contributed by atoms with van der Waals surface area (Å²) in [6, 6.07) is 14.5. The number of anilines is 1. The smallest absolute Gasteiger partial charge is 0.0595 e. The third-order valence-corrected chi connectivity index (χ3v) is 5.33. The van der Waals surface area contributed by atoms with Crippen molar-refractivity contribution in [2.45, 2.75) is 12.5 Å². The van der Waals surface area contributed by atoms with Crippen LogP contribution in [-0.2, 0) is 0 Å². The normalized spacial score (nSPS) is 18.7. The van der Waals surface area contributed by atoms with Crippen LogP contribution in [0.15, 0.2) is 48.0 Å². The molecular weight excluding hydrogens is 365 g/mol. The quantitative estimate of drug-likeness (QED) is 0.720. The Bertz CT molecular complexity index is 787. The van der Waals surface area contributed by atoms with Crippen LogP contribution in [-0.4, -0.2) is 38.6 Å². The van der Waals surface area contributed by atoms with Gasteiger partial charge in [-0.1, -0.05) is 53.5 Å². The van der Waals surface area contributed by atoms with Gasteiger partial charge in [-0.05, 0) is 62.0 Å². The molecule has 138 valence electrons. The van der Waals surface area contributed by atoms with E-state index >= 15 is 0 Å². The lowest BCUT2D eigenvalue weighted by atomic mass is 9.97. The van der Waals surface area contributed by atoms with E-state index in [-0.39, 0.29) is 6.04 Å². The van der Waals surface area contributed by atoms with Gasteiger partial charge in [-0.15, -0.1) is 0 Å². The molecule has 1 aliphatic heterocycles. The molecule has 3 nitrogen and oxygen atoms in total. The number of likely N-dealkylation sites (N-methyl/N-ethyl adjacent to an activating group) is 1. The van der Waals surface area contributed by atoms with E-state index in [1.165, 1.54) is 16.8 Å². The van der Waals surface area contributed by atoms with E-state index < -0.39 is 0 Å². The second-order valence-electron chi connectivity index (χ2n) is 6.85. The molecule has 0 spiro atoms. The number of benzene rings is 2. The lowest BCUT2D eigenvalue weighted by Gasteiger charge is -2.16. The van der Waals surface area contributed by atoms with Gasteiger partial charge in [0.15, 0.2) is 0 Å². The maximum atomic E-state index is 6.21. The van der Waals surface area contributed by atoms with Gasteiger partial charge in [-0.25, -0.2) is 0 Å². The topological polar surface area (TPSA) is 27.3 Å². The number of rotatable bonds is 6. The number of halogens is 2. The molecule has 3 rings (SSSR count). The molecule has 1 saturated heterocycles. The van der Waals surface area contributed by atoms with E-state index in [9.17, 15) is 0 Å². The van der Waals surface area contributed by atoms with Gasteiger partial charge in [0.25, 0.3) is 0 Å². The fourth-order valence-electron chi connectivity index (χ4n) is 3.21. The molecule has 0 aliphatic carbocycles. The largest absolute Gasteiger partial charge is 0.383 e. The lowest BCUT2D eigenvalue weighted by molar-refractivity contribution is 0.425. The van der Waals surface area contributed by atoms with Crippen LogP contribution in [0.25, 0.3) is 6.08 Å². The fraction of sp³-hybridized carbons (Fsp3) is 0.333.